The van der Waals surface area contributed by atoms with E-state index in [4.69, 9.17) is 14.5 Å². The Kier molecular flexibility index (Phi) is 9.76. The zero-order valence-corrected chi connectivity index (χ0v) is 25.9. The average Bonchev–Trinajstić information content (AvgIpc) is 2.93. The SMILES string of the molecule is CCOc1cc(C=Nn2c([C@H](C)CC)nc3ccc(Br)cc3c2=O)cc(Br)c1OCC(=O)Nc1ccc(C)cc1. The number of carbonyl (C=O) groups is 1. The van der Waals surface area contributed by atoms with E-state index in [1.807, 2.05) is 64.1 Å². The van der Waals surface area contributed by atoms with Crippen LogP contribution in [-0.4, -0.2) is 35.0 Å². The number of carbonyl (C=O) groups excluding carboxylic acids is 1. The monoisotopic (exact) mass is 668 g/mol. The number of hydrogen-bond acceptors (Lipinski definition) is 6. The van der Waals surface area contributed by atoms with Gasteiger partial charge in [0.2, 0.25) is 0 Å². The van der Waals surface area contributed by atoms with Crippen molar-refractivity contribution in [3.63, 3.8) is 0 Å². The van der Waals surface area contributed by atoms with E-state index >= 15 is 0 Å². The number of ether oxygens (including phenoxy) is 2. The van der Waals surface area contributed by atoms with Crippen molar-refractivity contribution < 1.29 is 14.3 Å². The summed E-state index contributed by atoms with van der Waals surface area (Å²) in [6, 6.07) is 16.5. The van der Waals surface area contributed by atoms with Crippen molar-refractivity contribution in [3.05, 3.63) is 90.8 Å². The Morgan fingerprint density at radius 1 is 1.10 bits per heavy atom. The van der Waals surface area contributed by atoms with E-state index in [-0.39, 0.29) is 24.0 Å². The van der Waals surface area contributed by atoms with Gasteiger partial charge in [0.05, 0.1) is 28.2 Å². The van der Waals surface area contributed by atoms with Crippen molar-refractivity contribution in [1.29, 1.82) is 0 Å². The summed E-state index contributed by atoms with van der Waals surface area (Å²) in [5.41, 5.74) is 2.85. The lowest BCUT2D eigenvalue weighted by molar-refractivity contribution is -0.118. The van der Waals surface area contributed by atoms with Crippen LogP contribution in [-0.2, 0) is 4.79 Å². The van der Waals surface area contributed by atoms with E-state index in [1.165, 1.54) is 4.68 Å². The number of hydrogen-bond donors (Lipinski definition) is 1. The molecule has 3 aromatic carbocycles. The van der Waals surface area contributed by atoms with Gasteiger partial charge in [-0.25, -0.2) is 4.98 Å². The normalized spacial score (nSPS) is 12.1. The molecule has 4 rings (SSSR count). The predicted octanol–water partition coefficient (Wildman–Crippen LogP) is 7.04. The minimum atomic E-state index is -0.295. The topological polar surface area (TPSA) is 94.8 Å². The van der Waals surface area contributed by atoms with Gasteiger partial charge in [-0.2, -0.15) is 9.78 Å². The quantitative estimate of drug-likeness (QED) is 0.183. The fourth-order valence-electron chi connectivity index (χ4n) is 3.94. The van der Waals surface area contributed by atoms with Crippen LogP contribution >= 0.6 is 31.9 Å². The molecule has 40 heavy (non-hydrogen) atoms. The Morgan fingerprint density at radius 2 is 1.85 bits per heavy atom. The first-order chi connectivity index (χ1) is 19.2. The Balaban J connectivity index is 1.62. The molecule has 10 heteroatoms. The van der Waals surface area contributed by atoms with E-state index < -0.39 is 0 Å². The molecule has 1 heterocycles. The van der Waals surface area contributed by atoms with Gasteiger partial charge in [-0.15, -0.1) is 0 Å². The van der Waals surface area contributed by atoms with Crippen LogP contribution in [0.3, 0.4) is 0 Å². The van der Waals surface area contributed by atoms with Crippen molar-refractivity contribution in [1.82, 2.24) is 9.66 Å². The number of aromatic nitrogens is 2. The van der Waals surface area contributed by atoms with Crippen LogP contribution in [0.4, 0.5) is 5.69 Å². The van der Waals surface area contributed by atoms with Gasteiger partial charge in [0.25, 0.3) is 11.5 Å². The maximum Gasteiger partial charge on any atom is 0.282 e. The van der Waals surface area contributed by atoms with Gasteiger partial charge in [0.15, 0.2) is 18.1 Å². The Bertz CT molecular complexity index is 1620. The zero-order chi connectivity index (χ0) is 28.8. The van der Waals surface area contributed by atoms with Crippen molar-refractivity contribution >= 4 is 60.6 Å². The van der Waals surface area contributed by atoms with E-state index in [1.54, 1.807) is 24.4 Å². The molecular formula is C30H30Br2N4O4. The molecule has 0 aliphatic heterocycles. The molecule has 208 valence electrons. The van der Waals surface area contributed by atoms with Crippen LogP contribution in [0.15, 0.2) is 73.4 Å². The second-order valence-electron chi connectivity index (χ2n) is 9.27. The van der Waals surface area contributed by atoms with Crippen molar-refractivity contribution in [3.8, 4) is 11.5 Å². The highest BCUT2D eigenvalue weighted by Crippen LogP contribution is 2.36. The van der Waals surface area contributed by atoms with E-state index in [9.17, 15) is 9.59 Å². The molecule has 8 nitrogen and oxygen atoms in total. The number of fused-ring (bicyclic) bond motifs is 1. The lowest BCUT2D eigenvalue weighted by Gasteiger charge is -2.15. The molecule has 0 aliphatic rings. The smallest absolute Gasteiger partial charge is 0.282 e. The maximum atomic E-state index is 13.4. The number of anilines is 1. The Labute approximate surface area is 249 Å². The Morgan fingerprint density at radius 3 is 2.55 bits per heavy atom. The average molecular weight is 670 g/mol. The van der Waals surface area contributed by atoms with Crippen molar-refractivity contribution in [2.45, 2.75) is 40.0 Å². The number of nitrogens with one attached hydrogen (secondary N) is 1. The third kappa shape index (κ3) is 6.98. The lowest BCUT2D eigenvalue weighted by Crippen LogP contribution is -2.23. The molecular weight excluding hydrogens is 640 g/mol. The van der Waals surface area contributed by atoms with Crippen LogP contribution < -0.4 is 20.3 Å². The summed E-state index contributed by atoms with van der Waals surface area (Å²) in [6.45, 7) is 8.09. The summed E-state index contributed by atoms with van der Waals surface area (Å²) in [5.74, 6) is 1.15. The summed E-state index contributed by atoms with van der Waals surface area (Å²) in [7, 11) is 0. The first-order valence-corrected chi connectivity index (χ1v) is 14.5. The lowest BCUT2D eigenvalue weighted by atomic mass is 10.1. The van der Waals surface area contributed by atoms with Gasteiger partial charge < -0.3 is 14.8 Å². The molecule has 1 atom stereocenters. The molecule has 1 aromatic heterocycles. The van der Waals surface area contributed by atoms with Crippen LogP contribution in [0.2, 0.25) is 0 Å². The van der Waals surface area contributed by atoms with Crippen LogP contribution in [0, 0.1) is 6.92 Å². The number of halogens is 2. The summed E-state index contributed by atoms with van der Waals surface area (Å²) >= 11 is 6.97. The molecule has 0 spiro atoms. The number of benzene rings is 3. The molecule has 0 saturated heterocycles. The second kappa shape index (κ2) is 13.2. The van der Waals surface area contributed by atoms with Gasteiger partial charge >= 0.3 is 0 Å². The first-order valence-electron chi connectivity index (χ1n) is 12.9. The minimum Gasteiger partial charge on any atom is -0.490 e. The highest BCUT2D eigenvalue weighted by molar-refractivity contribution is 9.10. The van der Waals surface area contributed by atoms with E-state index in [2.05, 4.69) is 42.3 Å². The highest BCUT2D eigenvalue weighted by Gasteiger charge is 2.17. The number of aryl methyl sites for hydroxylation is 1. The fourth-order valence-corrected chi connectivity index (χ4v) is 4.88. The largest absolute Gasteiger partial charge is 0.490 e. The summed E-state index contributed by atoms with van der Waals surface area (Å²) in [6.07, 6.45) is 2.38. The summed E-state index contributed by atoms with van der Waals surface area (Å²) in [5, 5.41) is 7.84. The van der Waals surface area contributed by atoms with Gasteiger partial charge in [-0.1, -0.05) is 47.5 Å². The first kappa shape index (κ1) is 29.5. The molecule has 0 saturated carbocycles. The minimum absolute atomic E-state index is 0.0189. The van der Waals surface area contributed by atoms with E-state index in [0.29, 0.717) is 50.6 Å². The van der Waals surface area contributed by atoms with Gasteiger partial charge in [-0.05, 0) is 84.2 Å². The van der Waals surface area contributed by atoms with E-state index in [0.717, 1.165) is 16.5 Å². The van der Waals surface area contributed by atoms with Gasteiger partial charge in [0.1, 0.15) is 5.82 Å². The van der Waals surface area contributed by atoms with Crippen molar-refractivity contribution in [2.24, 2.45) is 5.10 Å². The molecule has 4 aromatic rings. The number of rotatable bonds is 10. The molecule has 0 aliphatic carbocycles. The molecule has 0 bridgehead atoms. The fraction of sp³-hybridized carbons (Fsp3) is 0.267. The molecule has 0 unspecified atom stereocenters. The zero-order valence-electron chi connectivity index (χ0n) is 22.7. The predicted molar refractivity (Wildman–Crippen MR) is 166 cm³/mol. The van der Waals surface area contributed by atoms with Crippen molar-refractivity contribution in [2.75, 3.05) is 18.5 Å². The van der Waals surface area contributed by atoms with Crippen LogP contribution in [0.1, 0.15) is 50.1 Å². The second-order valence-corrected chi connectivity index (χ2v) is 11.0. The van der Waals surface area contributed by atoms with Gasteiger partial charge in [-0.3, -0.25) is 9.59 Å². The number of amides is 1. The molecule has 1 amide bonds. The Hall–Kier alpha value is -3.50. The third-order valence-corrected chi connectivity index (χ3v) is 7.31. The number of nitrogens with zero attached hydrogens (tertiary/aromatic N) is 3. The third-order valence-electron chi connectivity index (χ3n) is 6.22. The summed E-state index contributed by atoms with van der Waals surface area (Å²) < 4.78 is 14.4. The van der Waals surface area contributed by atoms with Gasteiger partial charge in [0, 0.05) is 16.1 Å². The standard InChI is InChI=1S/C30H30Br2N4O4/c1-5-19(4)29-35-25-12-9-21(31)15-23(25)30(38)36(29)33-16-20-13-24(32)28(26(14-20)39-6-2)40-17-27(37)34-22-10-7-18(3)8-11-22/h7-16,19H,5-6,17H2,1-4H3,(H,34,37)/t19-/m1/s1. The molecule has 1 N–H and O–H groups in total. The highest BCUT2D eigenvalue weighted by atomic mass is 79.9. The maximum absolute atomic E-state index is 13.4. The van der Waals surface area contributed by atoms with Crippen LogP contribution in [0.5, 0.6) is 11.5 Å². The molecule has 0 fully saturated rings. The molecule has 0 radical (unpaired) electrons. The summed E-state index contributed by atoms with van der Waals surface area (Å²) in [4.78, 5) is 30.7. The van der Waals surface area contributed by atoms with Crippen LogP contribution in [0.25, 0.3) is 10.9 Å².